The summed E-state index contributed by atoms with van der Waals surface area (Å²) < 4.78 is 61.0. The Kier molecular flexibility index (Phi) is 10.7. The second-order valence-corrected chi connectivity index (χ2v) is 16.7. The summed E-state index contributed by atoms with van der Waals surface area (Å²) in [5, 5.41) is 13.2. The maximum Gasteiger partial charge on any atom is 0.419 e. The number of hydrogen-bond acceptors (Lipinski definition) is 8. The molecule has 11 nitrogen and oxygen atoms in total. The Morgan fingerprint density at radius 2 is 1.81 bits per heavy atom. The van der Waals surface area contributed by atoms with Gasteiger partial charge in [-0.15, -0.1) is 0 Å². The molecular weight excluding hydrogens is 636 g/mol. The van der Waals surface area contributed by atoms with Crippen molar-refractivity contribution in [1.29, 1.82) is 0 Å². The average Bonchev–Trinajstić information content (AvgIpc) is 3.59. The summed E-state index contributed by atoms with van der Waals surface area (Å²) >= 11 is 0. The molecule has 0 saturated heterocycles. The average molecular weight is 681 g/mol. The number of hydrogen-bond donors (Lipinski definition) is 3. The molecule has 1 aliphatic rings. The fourth-order valence-electron chi connectivity index (χ4n) is 5.97. The van der Waals surface area contributed by atoms with E-state index < -0.39 is 30.5 Å². The van der Waals surface area contributed by atoms with Gasteiger partial charge in [0.05, 0.1) is 16.8 Å². The summed E-state index contributed by atoms with van der Waals surface area (Å²) in [5.41, 5.74) is -1.81. The number of benzene rings is 1. The molecule has 2 heterocycles. The lowest BCUT2D eigenvalue weighted by Crippen LogP contribution is -2.35. The quantitative estimate of drug-likeness (QED) is 0.153. The van der Waals surface area contributed by atoms with Crippen LogP contribution in [0.25, 0.3) is 22.2 Å². The first kappa shape index (κ1) is 36.2. The lowest BCUT2D eigenvalue weighted by atomic mass is 10.0. The van der Waals surface area contributed by atoms with Crippen LogP contribution in [0, 0.1) is 0 Å². The predicted octanol–water partition coefficient (Wildman–Crippen LogP) is 6.50. The molecule has 0 unspecified atom stereocenters. The number of aromatic nitrogens is 3. The van der Waals surface area contributed by atoms with Crippen molar-refractivity contribution in [2.24, 2.45) is 0 Å². The number of carboxylic acid groups (broad SMARTS) is 1. The molecule has 1 aliphatic carbocycles. The SMILES string of the molecule is CN(CCCCN(C)[C@H]1CC[C@H](Nc2ncc(C(F)(F)F)c(-c3c[nH]c4c(P(C)(C)=O)c(C(=O)O)ccc34)n2)C1)C(=O)OC(C)(C)C. The Hall–Kier alpha value is -3.64. The Morgan fingerprint density at radius 3 is 2.43 bits per heavy atom. The van der Waals surface area contributed by atoms with Crippen LogP contribution in [0.3, 0.4) is 0 Å². The van der Waals surface area contributed by atoms with E-state index in [0.717, 1.165) is 44.8 Å². The smallest absolute Gasteiger partial charge is 0.419 e. The number of carbonyl (C=O) groups is 2. The van der Waals surface area contributed by atoms with Gasteiger partial charge in [0, 0.05) is 54.3 Å². The molecule has 258 valence electrons. The van der Waals surface area contributed by atoms with Crippen molar-refractivity contribution in [3.8, 4) is 11.3 Å². The number of nitrogens with one attached hydrogen (secondary N) is 2. The van der Waals surface area contributed by atoms with E-state index in [4.69, 9.17) is 4.74 Å². The number of unbranched alkanes of at least 4 members (excludes halogenated alkanes) is 1. The minimum Gasteiger partial charge on any atom is -0.478 e. The summed E-state index contributed by atoms with van der Waals surface area (Å²) in [6.45, 7) is 9.74. The number of anilines is 1. The largest absolute Gasteiger partial charge is 0.478 e. The molecule has 0 bridgehead atoms. The molecule has 4 rings (SSSR count). The zero-order chi connectivity index (χ0) is 34.9. The zero-order valence-corrected chi connectivity index (χ0v) is 28.8. The highest BCUT2D eigenvalue weighted by Crippen LogP contribution is 2.43. The summed E-state index contributed by atoms with van der Waals surface area (Å²) in [4.78, 5) is 39.1. The normalized spacial score (nSPS) is 17.3. The molecule has 3 aromatic rings. The molecular formula is C32H44F3N6O5P. The second kappa shape index (κ2) is 13.8. The van der Waals surface area contributed by atoms with Crippen molar-refractivity contribution in [1.82, 2.24) is 24.8 Å². The number of ether oxygens (including phenoxy) is 1. The van der Waals surface area contributed by atoms with Crippen LogP contribution in [0.5, 0.6) is 0 Å². The van der Waals surface area contributed by atoms with E-state index in [1.807, 2.05) is 27.8 Å². The van der Waals surface area contributed by atoms with E-state index in [9.17, 15) is 32.4 Å². The molecule has 0 aliphatic heterocycles. The molecule has 3 N–H and O–H groups in total. The van der Waals surface area contributed by atoms with Crippen molar-refractivity contribution >= 4 is 41.4 Å². The number of carboxylic acids is 1. The molecule has 15 heteroatoms. The summed E-state index contributed by atoms with van der Waals surface area (Å²) in [6.07, 6.45) is 1.12. The molecule has 0 spiro atoms. The zero-order valence-electron chi connectivity index (χ0n) is 27.9. The Bertz CT molecular complexity index is 1670. The lowest BCUT2D eigenvalue weighted by Gasteiger charge is -2.26. The molecule has 0 radical (unpaired) electrons. The number of halogens is 3. The van der Waals surface area contributed by atoms with Crippen molar-refractivity contribution in [2.45, 2.75) is 76.7 Å². The highest BCUT2D eigenvalue weighted by atomic mass is 31.2. The lowest BCUT2D eigenvalue weighted by molar-refractivity contribution is -0.137. The third kappa shape index (κ3) is 8.84. The van der Waals surface area contributed by atoms with Crippen LogP contribution in [0.15, 0.2) is 24.5 Å². The number of aromatic amines is 1. The van der Waals surface area contributed by atoms with Crippen LogP contribution < -0.4 is 10.6 Å². The van der Waals surface area contributed by atoms with Gasteiger partial charge in [0.2, 0.25) is 5.95 Å². The van der Waals surface area contributed by atoms with Gasteiger partial charge in [-0.1, -0.05) is 6.07 Å². The number of amides is 1. The van der Waals surface area contributed by atoms with E-state index in [1.165, 1.54) is 31.7 Å². The maximum absolute atomic E-state index is 14.2. The topological polar surface area (TPSA) is 141 Å². The monoisotopic (exact) mass is 680 g/mol. The van der Waals surface area contributed by atoms with Crippen molar-refractivity contribution < 1.29 is 37.2 Å². The first-order chi connectivity index (χ1) is 21.8. The minimum atomic E-state index is -4.75. The Balaban J connectivity index is 1.46. The predicted molar refractivity (Wildman–Crippen MR) is 176 cm³/mol. The minimum absolute atomic E-state index is 0.0518. The summed E-state index contributed by atoms with van der Waals surface area (Å²) in [5.74, 6) is -1.22. The van der Waals surface area contributed by atoms with Crippen LogP contribution in [0.2, 0.25) is 0 Å². The molecule has 1 saturated carbocycles. The van der Waals surface area contributed by atoms with Crippen LogP contribution in [-0.2, 0) is 15.5 Å². The van der Waals surface area contributed by atoms with Gasteiger partial charge >= 0.3 is 18.2 Å². The van der Waals surface area contributed by atoms with E-state index in [0.29, 0.717) is 6.54 Å². The van der Waals surface area contributed by atoms with Crippen LogP contribution in [0.1, 0.15) is 68.8 Å². The molecule has 2 atom stereocenters. The van der Waals surface area contributed by atoms with Gasteiger partial charge in [-0.25, -0.2) is 19.6 Å². The van der Waals surface area contributed by atoms with Crippen molar-refractivity contribution in [3.63, 3.8) is 0 Å². The van der Waals surface area contributed by atoms with Crippen LogP contribution in [-0.4, -0.2) is 100 Å². The highest BCUT2D eigenvalue weighted by Gasteiger charge is 2.37. The first-order valence-electron chi connectivity index (χ1n) is 15.5. The molecule has 1 amide bonds. The molecule has 47 heavy (non-hydrogen) atoms. The molecule has 1 fully saturated rings. The number of carbonyl (C=O) groups excluding carboxylic acids is 1. The van der Waals surface area contributed by atoms with Gasteiger partial charge in [0.1, 0.15) is 18.3 Å². The summed E-state index contributed by atoms with van der Waals surface area (Å²) in [7, 11) is 0.616. The van der Waals surface area contributed by atoms with Gasteiger partial charge in [0.25, 0.3) is 0 Å². The third-order valence-electron chi connectivity index (χ3n) is 8.27. The van der Waals surface area contributed by atoms with Gasteiger partial charge in [-0.05, 0) is 85.9 Å². The number of fused-ring (bicyclic) bond motifs is 1. The van der Waals surface area contributed by atoms with Crippen LogP contribution >= 0.6 is 7.14 Å². The number of H-pyrrole nitrogens is 1. The van der Waals surface area contributed by atoms with Crippen molar-refractivity contribution in [3.05, 3.63) is 35.7 Å². The molecule has 2 aromatic heterocycles. The van der Waals surface area contributed by atoms with Crippen molar-refractivity contribution in [2.75, 3.05) is 45.8 Å². The highest BCUT2D eigenvalue weighted by molar-refractivity contribution is 7.70. The van der Waals surface area contributed by atoms with E-state index in [1.54, 1.807) is 11.9 Å². The van der Waals surface area contributed by atoms with E-state index in [-0.39, 0.29) is 57.2 Å². The molecule has 1 aromatic carbocycles. The number of rotatable bonds is 11. The summed E-state index contributed by atoms with van der Waals surface area (Å²) in [6, 6.07) is 2.88. The van der Waals surface area contributed by atoms with Gasteiger partial charge < -0.3 is 34.5 Å². The fraction of sp³-hybridized carbons (Fsp3) is 0.562. The third-order valence-corrected chi connectivity index (χ3v) is 9.81. The Morgan fingerprint density at radius 1 is 1.13 bits per heavy atom. The van der Waals surface area contributed by atoms with E-state index >= 15 is 0 Å². The van der Waals surface area contributed by atoms with Gasteiger partial charge in [-0.3, -0.25) is 0 Å². The maximum atomic E-state index is 14.2. The number of aromatic carboxylic acids is 1. The number of alkyl halides is 3. The van der Waals surface area contributed by atoms with Gasteiger partial charge in [-0.2, -0.15) is 13.2 Å². The van der Waals surface area contributed by atoms with E-state index in [2.05, 4.69) is 25.2 Å². The van der Waals surface area contributed by atoms with Crippen LogP contribution in [0.4, 0.5) is 23.9 Å². The first-order valence-corrected chi connectivity index (χ1v) is 18.1. The Labute approximate surface area is 272 Å². The number of nitrogens with zero attached hydrogens (tertiary/aromatic N) is 4. The fourth-order valence-corrected chi connectivity index (χ4v) is 7.45. The standard InChI is InChI=1S/C32H44F3N6O5P/c1-31(2,3)46-30(44)41(5)15-9-8-14-40(4)20-11-10-19(16-20)38-29-37-18-24(32(33,34)35)25(39-29)23-17-36-26-21(23)12-13-22(28(42)43)27(26)47(6,7)45/h12-13,17-20,36H,8-11,14-16H2,1-7H3,(H,42,43)(H,37,38,39)/t19-,20-/m0/s1. The van der Waals surface area contributed by atoms with Gasteiger partial charge in [0.15, 0.2) is 0 Å². The second-order valence-electron chi connectivity index (χ2n) is 13.6.